The fourth-order valence-corrected chi connectivity index (χ4v) is 9.19. The molecule has 0 saturated carbocycles. The second-order valence-corrected chi connectivity index (χ2v) is 24.4. The molecule has 1 heterocycles. The number of carbonyl (C=O) groups is 10. The van der Waals surface area contributed by atoms with E-state index in [9.17, 15) is 53.1 Å². The third-order valence-corrected chi connectivity index (χ3v) is 13.8. The Hall–Kier alpha value is -5.38. The lowest BCUT2D eigenvalue weighted by Gasteiger charge is -2.34. The number of nitrogens with zero attached hydrogens (tertiary/aromatic N) is 2. The Kier molecular flexibility index (Phi) is 31.5. The van der Waals surface area contributed by atoms with Crippen LogP contribution in [-0.2, 0) is 47.9 Å². The zero-order valence-electron chi connectivity index (χ0n) is 51.1. The van der Waals surface area contributed by atoms with Crippen molar-refractivity contribution in [2.75, 3.05) is 33.7 Å². The van der Waals surface area contributed by atoms with Gasteiger partial charge in [0.25, 0.3) is 0 Å². The maximum Gasteiger partial charge on any atom is 0.246 e. The Morgan fingerprint density at radius 1 is 0.570 bits per heavy atom. The molecule has 22 heteroatoms. The predicted molar refractivity (Wildman–Crippen MR) is 306 cm³/mol. The summed E-state index contributed by atoms with van der Waals surface area (Å²) in [6.07, 6.45) is 8.55. The molecule has 0 bridgehead atoms. The molecule has 0 aromatic heterocycles. The first kappa shape index (κ1) is 71.6. The normalized spacial score (nSPS) is 16.2. The molecular weight excluding hydrogens is 1010 g/mol. The van der Waals surface area contributed by atoms with E-state index in [1.165, 1.54) is 48.5 Å². The molecule has 1 fully saturated rings. The van der Waals surface area contributed by atoms with Crippen LogP contribution in [0.15, 0.2) is 0 Å². The average Bonchev–Trinajstić information content (AvgIpc) is 3.83. The van der Waals surface area contributed by atoms with Gasteiger partial charge in [0.05, 0.1) is 6.10 Å². The fourth-order valence-electron chi connectivity index (χ4n) is 9.19. The van der Waals surface area contributed by atoms with E-state index in [2.05, 4.69) is 54.8 Å². The van der Waals surface area contributed by atoms with Crippen LogP contribution in [0.1, 0.15) is 200 Å². The SMILES string of the molecule is CCCCCCCC[C@H](NC(=O)[C@@H]1CCCN1C(=O)CCCCC)C(=O)N[C@H](C(=O)NC(C)(C)C(=O)N[C@@H](CC(C)C)C(=O)N[C@@H](CC(C)C)C(=O)NC(C)(C)C(=O)NC(C)(C)C(=O)NCCC(=O)N[C@@H](C)CN(C)C)[C@@H](C)O. The number of aliphatic hydroxyl groups excluding tert-OH is 1. The topological polar surface area (TPSA) is 306 Å². The molecule has 1 saturated heterocycles. The van der Waals surface area contributed by atoms with Gasteiger partial charge in [0.1, 0.15) is 46.8 Å². The summed E-state index contributed by atoms with van der Waals surface area (Å²) >= 11 is 0. The minimum atomic E-state index is -1.73. The van der Waals surface area contributed by atoms with E-state index in [1.54, 1.807) is 4.90 Å². The first-order chi connectivity index (χ1) is 36.7. The molecule has 10 N–H and O–H groups in total. The quantitative estimate of drug-likeness (QED) is 0.0402. The molecule has 0 radical (unpaired) electrons. The van der Waals surface area contributed by atoms with Gasteiger partial charge in [-0.2, -0.15) is 0 Å². The van der Waals surface area contributed by atoms with Gasteiger partial charge in [0, 0.05) is 38.5 Å². The minimum absolute atomic E-state index is 0.0230. The molecule has 0 spiro atoms. The molecular formula is C57H105N11O11. The van der Waals surface area contributed by atoms with Crippen LogP contribution in [0.2, 0.25) is 0 Å². The van der Waals surface area contributed by atoms with Crippen molar-refractivity contribution in [3.8, 4) is 0 Å². The highest BCUT2D eigenvalue weighted by molar-refractivity contribution is 6.00. The van der Waals surface area contributed by atoms with E-state index in [0.29, 0.717) is 38.8 Å². The Morgan fingerprint density at radius 3 is 1.66 bits per heavy atom. The average molecular weight is 1120 g/mol. The van der Waals surface area contributed by atoms with Gasteiger partial charge in [0.15, 0.2) is 0 Å². The molecule has 79 heavy (non-hydrogen) atoms. The number of unbranched alkanes of at least 4 members (excludes halogenated alkanes) is 7. The van der Waals surface area contributed by atoms with Gasteiger partial charge < -0.3 is 62.8 Å². The van der Waals surface area contributed by atoms with Crippen LogP contribution < -0.4 is 47.9 Å². The van der Waals surface area contributed by atoms with E-state index >= 15 is 0 Å². The van der Waals surface area contributed by atoms with Gasteiger partial charge in [-0.3, -0.25) is 47.9 Å². The van der Waals surface area contributed by atoms with Crippen molar-refractivity contribution in [2.24, 2.45) is 11.8 Å². The van der Waals surface area contributed by atoms with Crippen LogP contribution in [0.3, 0.4) is 0 Å². The first-order valence-corrected chi connectivity index (χ1v) is 29.1. The molecule has 1 rings (SSSR count). The van der Waals surface area contributed by atoms with Gasteiger partial charge in [-0.05, 0) is 120 Å². The summed E-state index contributed by atoms with van der Waals surface area (Å²) in [5.41, 5.74) is -4.78. The van der Waals surface area contributed by atoms with Crippen molar-refractivity contribution in [1.29, 1.82) is 0 Å². The first-order valence-electron chi connectivity index (χ1n) is 29.1. The largest absolute Gasteiger partial charge is 0.391 e. The van der Waals surface area contributed by atoms with Crippen molar-refractivity contribution >= 4 is 59.1 Å². The minimum Gasteiger partial charge on any atom is -0.391 e. The summed E-state index contributed by atoms with van der Waals surface area (Å²) in [7, 11) is 3.79. The van der Waals surface area contributed by atoms with Crippen LogP contribution in [0, 0.1) is 11.8 Å². The lowest BCUT2D eigenvalue weighted by Crippen LogP contribution is -2.65. The molecule has 0 unspecified atom stereocenters. The highest BCUT2D eigenvalue weighted by Gasteiger charge is 2.41. The number of likely N-dealkylation sites (N-methyl/N-ethyl adjacent to an activating group) is 1. The van der Waals surface area contributed by atoms with Gasteiger partial charge in [-0.15, -0.1) is 0 Å². The number of carbonyl (C=O) groups excluding carboxylic acids is 10. The van der Waals surface area contributed by atoms with Crippen molar-refractivity contribution < 1.29 is 53.1 Å². The highest BCUT2D eigenvalue weighted by Crippen LogP contribution is 2.21. The van der Waals surface area contributed by atoms with Gasteiger partial charge in [-0.25, -0.2) is 0 Å². The monoisotopic (exact) mass is 1120 g/mol. The smallest absolute Gasteiger partial charge is 0.246 e. The van der Waals surface area contributed by atoms with E-state index in [0.717, 1.165) is 51.4 Å². The highest BCUT2D eigenvalue weighted by atomic mass is 16.3. The number of rotatable bonds is 37. The summed E-state index contributed by atoms with van der Waals surface area (Å²) in [5, 5.41) is 35.4. The third kappa shape index (κ3) is 26.6. The lowest BCUT2D eigenvalue weighted by molar-refractivity contribution is -0.140. The molecule has 0 aromatic rings. The molecule has 7 atom stereocenters. The van der Waals surface area contributed by atoms with Crippen LogP contribution in [0.5, 0.6) is 0 Å². The molecule has 1 aliphatic heterocycles. The van der Waals surface area contributed by atoms with Crippen LogP contribution in [0.4, 0.5) is 0 Å². The van der Waals surface area contributed by atoms with Crippen molar-refractivity contribution in [3.63, 3.8) is 0 Å². The number of amides is 10. The van der Waals surface area contributed by atoms with Gasteiger partial charge in [-0.1, -0.05) is 92.9 Å². The summed E-state index contributed by atoms with van der Waals surface area (Å²) in [6.45, 7) is 24.5. The zero-order chi connectivity index (χ0) is 60.4. The summed E-state index contributed by atoms with van der Waals surface area (Å²) < 4.78 is 0. The van der Waals surface area contributed by atoms with Crippen molar-refractivity contribution in [1.82, 2.24) is 57.7 Å². The van der Waals surface area contributed by atoms with E-state index in [4.69, 9.17) is 0 Å². The fraction of sp³-hybridized carbons (Fsp3) is 0.825. The standard InChI is InChI=1S/C57H105N11O11/c1-17-19-21-22-23-25-27-40(60-50(75)43-28-26-32-68(43)45(71)29-24-20-18-2)47(72)63-46(39(8)69)51(76)65-56(11,12)53(78)62-41(33-36(3)4)48(73)61-42(34-37(5)6)49(74)64-57(13,14)54(79)66-55(9,10)52(77)58-31-30-44(70)59-38(7)35-67(15)16/h36-43,46,69H,17-35H2,1-16H3,(H,58,77)(H,59,70)(H,60,75)(H,61,73)(H,62,78)(H,63,72)(H,64,74)(H,65,76)(H,66,79)/t38-,39+,40-,41-,42-,43-,46-/m0/s1. The summed E-state index contributed by atoms with van der Waals surface area (Å²) in [6, 6.07) is -5.89. The summed E-state index contributed by atoms with van der Waals surface area (Å²) in [5.74, 6) is -6.16. The number of nitrogens with one attached hydrogen (secondary N) is 9. The number of hydrogen-bond acceptors (Lipinski definition) is 12. The van der Waals surface area contributed by atoms with E-state index in [1.807, 2.05) is 60.5 Å². The van der Waals surface area contributed by atoms with Crippen LogP contribution in [-0.4, -0.2) is 167 Å². The molecule has 10 amide bonds. The Morgan fingerprint density at radius 2 is 1.09 bits per heavy atom. The second kappa shape index (κ2) is 34.7. The Bertz CT molecular complexity index is 2010. The Labute approximate surface area is 472 Å². The van der Waals surface area contributed by atoms with Crippen molar-refractivity contribution in [3.05, 3.63) is 0 Å². The maximum atomic E-state index is 14.2. The lowest BCUT2D eigenvalue weighted by atomic mass is 9.96. The molecule has 0 aliphatic carbocycles. The van der Waals surface area contributed by atoms with Crippen LogP contribution >= 0.6 is 0 Å². The number of aliphatic hydroxyl groups is 1. The third-order valence-electron chi connectivity index (χ3n) is 13.8. The molecule has 454 valence electrons. The van der Waals surface area contributed by atoms with Gasteiger partial charge in [0.2, 0.25) is 59.1 Å². The summed E-state index contributed by atoms with van der Waals surface area (Å²) in [4.78, 5) is 140. The predicted octanol–water partition coefficient (Wildman–Crippen LogP) is 2.98. The zero-order valence-corrected chi connectivity index (χ0v) is 51.1. The van der Waals surface area contributed by atoms with E-state index < -0.39 is 100 Å². The molecule has 22 nitrogen and oxygen atoms in total. The van der Waals surface area contributed by atoms with E-state index in [-0.39, 0.29) is 61.9 Å². The van der Waals surface area contributed by atoms with Gasteiger partial charge >= 0.3 is 0 Å². The Balaban J connectivity index is 3.21. The van der Waals surface area contributed by atoms with Crippen molar-refractivity contribution in [2.45, 2.75) is 259 Å². The number of likely N-dealkylation sites (tertiary alicyclic amines) is 1. The second-order valence-electron chi connectivity index (χ2n) is 24.4. The molecule has 0 aromatic carbocycles. The van der Waals surface area contributed by atoms with Crippen LogP contribution in [0.25, 0.3) is 0 Å². The maximum absolute atomic E-state index is 14.2. The number of hydrogen-bond donors (Lipinski definition) is 10. The molecule has 1 aliphatic rings.